The zero-order chi connectivity index (χ0) is 20.9. The van der Waals surface area contributed by atoms with Gasteiger partial charge in [0.15, 0.2) is 0 Å². The van der Waals surface area contributed by atoms with Crippen molar-refractivity contribution in [2.24, 2.45) is 5.92 Å². The molecular formula is C25H31NO4. The van der Waals surface area contributed by atoms with Gasteiger partial charge in [-0.25, -0.2) is 0 Å². The fourth-order valence-corrected chi connectivity index (χ4v) is 4.80. The number of carbonyl (C=O) groups is 1. The molecular weight excluding hydrogens is 378 g/mol. The maximum Gasteiger partial charge on any atom is 0.222 e. The number of fused-ring (bicyclic) bond motifs is 1. The monoisotopic (exact) mass is 409 g/mol. The maximum atomic E-state index is 12.3. The summed E-state index contributed by atoms with van der Waals surface area (Å²) in [5, 5.41) is 3.26. The van der Waals surface area contributed by atoms with Gasteiger partial charge in [0.25, 0.3) is 0 Å². The molecule has 1 amide bonds. The molecule has 0 aromatic heterocycles. The third kappa shape index (κ3) is 4.68. The van der Waals surface area contributed by atoms with Crippen LogP contribution in [0.4, 0.5) is 0 Å². The van der Waals surface area contributed by atoms with Gasteiger partial charge in [0.1, 0.15) is 5.75 Å². The summed E-state index contributed by atoms with van der Waals surface area (Å²) in [5.41, 5.74) is 3.45. The summed E-state index contributed by atoms with van der Waals surface area (Å²) in [6.07, 6.45) is 4.84. The topological polar surface area (TPSA) is 56.8 Å². The van der Waals surface area contributed by atoms with Crippen LogP contribution < -0.4 is 10.1 Å². The van der Waals surface area contributed by atoms with Crippen LogP contribution in [0.5, 0.6) is 5.75 Å². The fourth-order valence-electron chi connectivity index (χ4n) is 4.80. The Morgan fingerprint density at radius 2 is 1.93 bits per heavy atom. The number of methoxy groups -OCH3 is 2. The van der Waals surface area contributed by atoms with Gasteiger partial charge in [0, 0.05) is 25.5 Å². The van der Waals surface area contributed by atoms with Crippen molar-refractivity contribution in [3.8, 4) is 16.9 Å². The number of rotatable bonds is 7. The van der Waals surface area contributed by atoms with Gasteiger partial charge in [-0.1, -0.05) is 42.8 Å². The predicted octanol–water partition coefficient (Wildman–Crippen LogP) is 4.51. The number of amides is 1. The summed E-state index contributed by atoms with van der Waals surface area (Å²) in [5.74, 6) is 1.34. The summed E-state index contributed by atoms with van der Waals surface area (Å²) in [6, 6.07) is 16.8. The van der Waals surface area contributed by atoms with E-state index >= 15 is 0 Å². The van der Waals surface area contributed by atoms with E-state index in [4.69, 9.17) is 14.2 Å². The highest BCUT2D eigenvalue weighted by molar-refractivity contribution is 5.76. The van der Waals surface area contributed by atoms with Crippen molar-refractivity contribution < 1.29 is 19.0 Å². The van der Waals surface area contributed by atoms with Crippen LogP contribution in [0.1, 0.15) is 43.8 Å². The van der Waals surface area contributed by atoms with E-state index in [9.17, 15) is 4.79 Å². The van der Waals surface area contributed by atoms with Gasteiger partial charge in [-0.05, 0) is 48.1 Å². The lowest BCUT2D eigenvalue weighted by Gasteiger charge is -2.39. The number of benzene rings is 2. The van der Waals surface area contributed by atoms with Crippen molar-refractivity contribution in [2.75, 3.05) is 20.8 Å². The molecule has 0 bridgehead atoms. The molecule has 4 rings (SSSR count). The van der Waals surface area contributed by atoms with Crippen LogP contribution in [0.2, 0.25) is 0 Å². The van der Waals surface area contributed by atoms with E-state index < -0.39 is 0 Å². The summed E-state index contributed by atoms with van der Waals surface area (Å²) in [6.45, 7) is 0.457. The minimum absolute atomic E-state index is 0.0106. The average Bonchev–Trinajstić information content (AvgIpc) is 3.27. The molecule has 2 aliphatic rings. The lowest BCUT2D eigenvalue weighted by Crippen LogP contribution is -2.48. The SMILES string of the molecule is COCCC(=O)N[C@@H]1C[C@H](c2ccc(-c3cccc(OC)c3)cc2)O[C@@H]2CCC[C@@H]12. The molecule has 2 aromatic carbocycles. The Labute approximate surface area is 178 Å². The Morgan fingerprint density at radius 3 is 2.70 bits per heavy atom. The summed E-state index contributed by atoms with van der Waals surface area (Å²) >= 11 is 0. The smallest absolute Gasteiger partial charge is 0.222 e. The summed E-state index contributed by atoms with van der Waals surface area (Å²) in [7, 11) is 3.31. The van der Waals surface area contributed by atoms with Crippen molar-refractivity contribution in [2.45, 2.75) is 50.4 Å². The molecule has 160 valence electrons. The minimum Gasteiger partial charge on any atom is -0.497 e. The van der Waals surface area contributed by atoms with Crippen LogP contribution in [-0.4, -0.2) is 38.9 Å². The molecule has 0 radical (unpaired) electrons. The third-order valence-corrected chi connectivity index (χ3v) is 6.39. The second-order valence-corrected chi connectivity index (χ2v) is 8.26. The van der Waals surface area contributed by atoms with E-state index in [0.29, 0.717) is 18.9 Å². The Bertz CT molecular complexity index is 850. The van der Waals surface area contributed by atoms with E-state index in [-0.39, 0.29) is 24.2 Å². The summed E-state index contributed by atoms with van der Waals surface area (Å²) in [4.78, 5) is 12.3. The number of hydrogen-bond acceptors (Lipinski definition) is 4. The number of nitrogens with one attached hydrogen (secondary N) is 1. The van der Waals surface area contributed by atoms with Crippen molar-refractivity contribution in [1.29, 1.82) is 0 Å². The van der Waals surface area contributed by atoms with Crippen LogP contribution in [-0.2, 0) is 14.3 Å². The third-order valence-electron chi connectivity index (χ3n) is 6.39. The molecule has 2 aromatic rings. The Balaban J connectivity index is 1.48. The molecule has 1 saturated carbocycles. The standard InChI is InChI=1S/C25H31NO4/c1-28-14-13-25(27)26-22-16-24(30-23-8-4-7-21(22)23)18-11-9-17(10-12-18)19-5-3-6-20(15-19)29-2/h3,5-6,9-12,15,21-24H,4,7-8,13-14,16H2,1-2H3,(H,26,27)/t21-,22+,23+,24+/m0/s1. The van der Waals surface area contributed by atoms with Crippen molar-refractivity contribution in [3.63, 3.8) is 0 Å². The van der Waals surface area contributed by atoms with Gasteiger partial charge in [-0.15, -0.1) is 0 Å². The lowest BCUT2D eigenvalue weighted by molar-refractivity contribution is -0.127. The molecule has 30 heavy (non-hydrogen) atoms. The van der Waals surface area contributed by atoms with Gasteiger partial charge in [-0.3, -0.25) is 4.79 Å². The molecule has 1 heterocycles. The quantitative estimate of drug-likeness (QED) is 0.731. The van der Waals surface area contributed by atoms with Crippen molar-refractivity contribution in [3.05, 3.63) is 54.1 Å². The molecule has 1 saturated heterocycles. The second-order valence-electron chi connectivity index (χ2n) is 8.26. The Hall–Kier alpha value is -2.37. The molecule has 2 fully saturated rings. The molecule has 5 heteroatoms. The second kappa shape index (κ2) is 9.63. The van der Waals surface area contributed by atoms with Gasteiger partial charge < -0.3 is 19.5 Å². The number of hydrogen-bond donors (Lipinski definition) is 1. The van der Waals surface area contributed by atoms with Crippen LogP contribution >= 0.6 is 0 Å². The predicted molar refractivity (Wildman–Crippen MR) is 116 cm³/mol. The first-order chi connectivity index (χ1) is 14.7. The maximum absolute atomic E-state index is 12.3. The van der Waals surface area contributed by atoms with Crippen LogP contribution in [0.25, 0.3) is 11.1 Å². The van der Waals surface area contributed by atoms with Crippen molar-refractivity contribution >= 4 is 5.91 Å². The Morgan fingerprint density at radius 1 is 1.10 bits per heavy atom. The highest BCUT2D eigenvalue weighted by atomic mass is 16.5. The first kappa shape index (κ1) is 20.9. The van der Waals surface area contributed by atoms with E-state index in [0.717, 1.165) is 36.1 Å². The zero-order valence-electron chi connectivity index (χ0n) is 17.8. The van der Waals surface area contributed by atoms with Gasteiger partial charge in [0.05, 0.1) is 25.9 Å². The van der Waals surface area contributed by atoms with E-state index in [1.54, 1.807) is 14.2 Å². The molecule has 1 N–H and O–H groups in total. The molecule has 1 aliphatic carbocycles. The number of ether oxygens (including phenoxy) is 3. The highest BCUT2D eigenvalue weighted by Crippen LogP contribution is 2.43. The fraction of sp³-hybridized carbons (Fsp3) is 0.480. The lowest BCUT2D eigenvalue weighted by atomic mass is 9.86. The molecule has 0 spiro atoms. The van der Waals surface area contributed by atoms with E-state index in [1.807, 2.05) is 18.2 Å². The van der Waals surface area contributed by atoms with Crippen LogP contribution in [0.3, 0.4) is 0 Å². The van der Waals surface area contributed by atoms with E-state index in [1.165, 1.54) is 12.0 Å². The summed E-state index contributed by atoms with van der Waals surface area (Å²) < 4.78 is 16.9. The minimum atomic E-state index is 0.0106. The zero-order valence-corrected chi connectivity index (χ0v) is 17.8. The molecule has 1 aliphatic heterocycles. The largest absolute Gasteiger partial charge is 0.497 e. The molecule has 4 atom stereocenters. The first-order valence-electron chi connectivity index (χ1n) is 10.9. The number of carbonyl (C=O) groups excluding carboxylic acids is 1. The first-order valence-corrected chi connectivity index (χ1v) is 10.9. The van der Waals surface area contributed by atoms with Gasteiger partial charge >= 0.3 is 0 Å². The molecule has 5 nitrogen and oxygen atoms in total. The van der Waals surface area contributed by atoms with Gasteiger partial charge in [-0.2, -0.15) is 0 Å². The van der Waals surface area contributed by atoms with Crippen LogP contribution in [0.15, 0.2) is 48.5 Å². The van der Waals surface area contributed by atoms with Crippen LogP contribution in [0, 0.1) is 5.92 Å². The highest BCUT2D eigenvalue weighted by Gasteiger charge is 2.42. The van der Waals surface area contributed by atoms with E-state index in [2.05, 4.69) is 35.6 Å². The average molecular weight is 410 g/mol. The Kier molecular flexibility index (Phi) is 6.70. The normalized spacial score (nSPS) is 25.5. The van der Waals surface area contributed by atoms with Crippen molar-refractivity contribution in [1.82, 2.24) is 5.32 Å². The van der Waals surface area contributed by atoms with Gasteiger partial charge in [0.2, 0.25) is 5.91 Å². The molecule has 0 unspecified atom stereocenters.